The molecule has 12 heavy (non-hydrogen) atoms. The van der Waals surface area contributed by atoms with Crippen LogP contribution in [0, 0.1) is 5.82 Å². The maximum atomic E-state index is 13.1. The first-order chi connectivity index (χ1) is 5.66. The van der Waals surface area contributed by atoms with Gasteiger partial charge in [0.15, 0.2) is 0 Å². The fourth-order valence-electron chi connectivity index (χ4n) is 1.13. The first kappa shape index (κ1) is 7.90. The lowest BCUT2D eigenvalue weighted by Crippen LogP contribution is -1.76. The average Bonchev–Trinajstić information content (AvgIpc) is 2.29. The second kappa shape index (κ2) is 2.64. The highest BCUT2D eigenvalue weighted by Crippen LogP contribution is 2.24. The molecule has 0 aliphatic carbocycles. The molecule has 1 aromatic heterocycles. The molecule has 0 aliphatic heterocycles. The van der Waals surface area contributed by atoms with E-state index in [4.69, 9.17) is 23.2 Å². The summed E-state index contributed by atoms with van der Waals surface area (Å²) < 4.78 is 13.1. The van der Waals surface area contributed by atoms with Crippen LogP contribution in [0.3, 0.4) is 0 Å². The van der Waals surface area contributed by atoms with Gasteiger partial charge in [0.1, 0.15) is 11.0 Å². The van der Waals surface area contributed by atoms with E-state index in [-0.39, 0.29) is 5.82 Å². The Balaban J connectivity index is 2.88. The highest BCUT2D eigenvalue weighted by molar-refractivity contribution is 6.32. The number of rotatable bonds is 0. The van der Waals surface area contributed by atoms with Crippen molar-refractivity contribution in [3.8, 4) is 0 Å². The lowest BCUT2D eigenvalue weighted by molar-refractivity contribution is 0.637. The van der Waals surface area contributed by atoms with E-state index in [0.717, 1.165) is 0 Å². The van der Waals surface area contributed by atoms with Crippen LogP contribution in [0.15, 0.2) is 18.2 Å². The number of aromatic amines is 1. The summed E-state index contributed by atoms with van der Waals surface area (Å²) in [6.45, 7) is 0. The van der Waals surface area contributed by atoms with Crippen molar-refractivity contribution in [2.24, 2.45) is 0 Å². The number of H-pyrrole nitrogens is 1. The number of aromatic nitrogens is 1. The number of benzene rings is 1. The Morgan fingerprint density at radius 3 is 2.67 bits per heavy atom. The van der Waals surface area contributed by atoms with E-state index in [2.05, 4.69) is 4.98 Å². The molecule has 0 atom stereocenters. The maximum absolute atomic E-state index is 13.1. The van der Waals surface area contributed by atoms with Gasteiger partial charge < -0.3 is 4.98 Å². The van der Waals surface area contributed by atoms with Crippen molar-refractivity contribution in [2.75, 3.05) is 0 Å². The Hall–Kier alpha value is -0.730. The summed E-state index contributed by atoms with van der Waals surface area (Å²) in [5, 5.41) is 1.46. The lowest BCUT2D eigenvalue weighted by Gasteiger charge is -1.92. The van der Waals surface area contributed by atoms with Gasteiger partial charge in [0.25, 0.3) is 0 Å². The summed E-state index contributed by atoms with van der Waals surface area (Å²) in [6.07, 6.45) is 0. The van der Waals surface area contributed by atoms with Crippen LogP contribution in [0.4, 0.5) is 4.39 Å². The van der Waals surface area contributed by atoms with E-state index >= 15 is 0 Å². The molecule has 0 bridgehead atoms. The van der Waals surface area contributed by atoms with Gasteiger partial charge in [-0.25, -0.2) is 4.39 Å². The molecule has 0 amide bonds. The van der Waals surface area contributed by atoms with E-state index < -0.39 is 0 Å². The zero-order valence-electron chi connectivity index (χ0n) is 5.87. The molecule has 2 aromatic rings. The zero-order valence-corrected chi connectivity index (χ0v) is 7.38. The summed E-state index contributed by atoms with van der Waals surface area (Å²) >= 11 is 11.3. The third kappa shape index (κ3) is 1.17. The van der Waals surface area contributed by atoms with Gasteiger partial charge in [-0.2, -0.15) is 0 Å². The Labute approximate surface area is 78.1 Å². The summed E-state index contributed by atoms with van der Waals surface area (Å²) in [4.78, 5) is 2.69. The molecule has 0 fully saturated rings. The van der Waals surface area contributed by atoms with E-state index in [9.17, 15) is 4.39 Å². The standard InChI is InChI=1S/C8H4Cl2FN/c9-5-1-4-2-7(10)12-8(4)6(11)3-5/h1-3,12H. The van der Waals surface area contributed by atoms with E-state index in [1.807, 2.05) is 0 Å². The van der Waals surface area contributed by atoms with Crippen molar-refractivity contribution in [3.63, 3.8) is 0 Å². The predicted octanol–water partition coefficient (Wildman–Crippen LogP) is 3.61. The summed E-state index contributed by atoms with van der Waals surface area (Å²) in [6, 6.07) is 4.53. The summed E-state index contributed by atoms with van der Waals surface area (Å²) in [7, 11) is 0. The maximum Gasteiger partial charge on any atom is 0.148 e. The molecule has 1 heterocycles. The third-order valence-electron chi connectivity index (χ3n) is 1.61. The zero-order chi connectivity index (χ0) is 8.72. The van der Waals surface area contributed by atoms with Crippen LogP contribution in [0.5, 0.6) is 0 Å². The molecule has 0 radical (unpaired) electrons. The van der Waals surface area contributed by atoms with Gasteiger partial charge in [-0.3, -0.25) is 0 Å². The lowest BCUT2D eigenvalue weighted by atomic mass is 10.2. The van der Waals surface area contributed by atoms with Gasteiger partial charge in [0.2, 0.25) is 0 Å². The summed E-state index contributed by atoms with van der Waals surface area (Å²) in [5.74, 6) is -0.385. The highest BCUT2D eigenvalue weighted by atomic mass is 35.5. The molecular weight excluding hydrogens is 200 g/mol. The minimum absolute atomic E-state index is 0.371. The van der Waals surface area contributed by atoms with Gasteiger partial charge in [-0.05, 0) is 18.2 Å². The normalized spacial score (nSPS) is 10.9. The van der Waals surface area contributed by atoms with Crippen molar-refractivity contribution >= 4 is 34.1 Å². The monoisotopic (exact) mass is 203 g/mol. The van der Waals surface area contributed by atoms with Crippen molar-refractivity contribution in [1.29, 1.82) is 0 Å². The minimum atomic E-state index is -0.385. The van der Waals surface area contributed by atoms with Crippen molar-refractivity contribution in [2.45, 2.75) is 0 Å². The fraction of sp³-hybridized carbons (Fsp3) is 0. The molecule has 2 rings (SSSR count). The van der Waals surface area contributed by atoms with Gasteiger partial charge in [-0.1, -0.05) is 23.2 Å². The third-order valence-corrected chi connectivity index (χ3v) is 2.03. The smallest absolute Gasteiger partial charge is 0.148 e. The quantitative estimate of drug-likeness (QED) is 0.674. The Morgan fingerprint density at radius 2 is 1.92 bits per heavy atom. The molecule has 1 nitrogen and oxygen atoms in total. The van der Waals surface area contributed by atoms with Crippen LogP contribution in [0.1, 0.15) is 0 Å². The van der Waals surface area contributed by atoms with E-state index in [1.54, 1.807) is 12.1 Å². The van der Waals surface area contributed by atoms with Gasteiger partial charge in [-0.15, -0.1) is 0 Å². The molecule has 62 valence electrons. The van der Waals surface area contributed by atoms with Crippen LogP contribution < -0.4 is 0 Å². The number of fused-ring (bicyclic) bond motifs is 1. The first-order valence-electron chi connectivity index (χ1n) is 3.30. The second-order valence-electron chi connectivity index (χ2n) is 2.47. The van der Waals surface area contributed by atoms with Gasteiger partial charge in [0, 0.05) is 10.4 Å². The van der Waals surface area contributed by atoms with Crippen LogP contribution in [-0.2, 0) is 0 Å². The molecule has 0 aliphatic rings. The SMILES string of the molecule is Fc1cc(Cl)cc2cc(Cl)[nH]c12. The molecule has 4 heteroatoms. The number of halogens is 3. The van der Waals surface area contributed by atoms with Gasteiger partial charge >= 0.3 is 0 Å². The van der Waals surface area contributed by atoms with Crippen LogP contribution in [0.25, 0.3) is 10.9 Å². The topological polar surface area (TPSA) is 15.8 Å². The predicted molar refractivity (Wildman–Crippen MR) is 48.3 cm³/mol. The minimum Gasteiger partial charge on any atom is -0.343 e. The van der Waals surface area contributed by atoms with Crippen molar-refractivity contribution in [1.82, 2.24) is 4.98 Å². The Kier molecular flexibility index (Phi) is 1.74. The summed E-state index contributed by atoms with van der Waals surface area (Å²) in [5.41, 5.74) is 0.393. The van der Waals surface area contributed by atoms with Crippen LogP contribution >= 0.6 is 23.2 Å². The van der Waals surface area contributed by atoms with Crippen LogP contribution in [0.2, 0.25) is 10.2 Å². The first-order valence-corrected chi connectivity index (χ1v) is 4.05. The molecule has 0 unspecified atom stereocenters. The fourth-order valence-corrected chi connectivity index (χ4v) is 1.56. The van der Waals surface area contributed by atoms with Gasteiger partial charge in [0.05, 0.1) is 5.52 Å². The van der Waals surface area contributed by atoms with E-state index in [1.165, 1.54) is 6.07 Å². The van der Waals surface area contributed by atoms with E-state index in [0.29, 0.717) is 21.1 Å². The van der Waals surface area contributed by atoms with Crippen molar-refractivity contribution < 1.29 is 4.39 Å². The molecular formula is C8H4Cl2FN. The van der Waals surface area contributed by atoms with Crippen molar-refractivity contribution in [3.05, 3.63) is 34.2 Å². The number of hydrogen-bond donors (Lipinski definition) is 1. The van der Waals surface area contributed by atoms with Crippen LogP contribution in [-0.4, -0.2) is 4.98 Å². The molecule has 0 spiro atoms. The molecule has 1 aromatic carbocycles. The number of nitrogens with one attached hydrogen (secondary N) is 1. The second-order valence-corrected chi connectivity index (χ2v) is 3.31. The number of hydrogen-bond acceptors (Lipinski definition) is 0. The average molecular weight is 204 g/mol. The largest absolute Gasteiger partial charge is 0.343 e. The molecule has 1 N–H and O–H groups in total. The molecule has 0 saturated carbocycles. The Bertz CT molecular complexity index is 436. The Morgan fingerprint density at radius 1 is 1.17 bits per heavy atom. The highest BCUT2D eigenvalue weighted by Gasteiger charge is 2.05. The molecule has 0 saturated heterocycles.